The molecule has 2 N–H and O–H groups in total. The smallest absolute Gasteiger partial charge is 0.0636 e. The molecule has 1 atom stereocenters. The van der Waals surface area contributed by atoms with Crippen molar-refractivity contribution in [3.05, 3.63) is 42.2 Å². The fraction of sp³-hybridized carbons (Fsp3) is 0.308. The Morgan fingerprint density at radius 3 is 3.00 bits per heavy atom. The highest BCUT2D eigenvalue weighted by Gasteiger charge is 1.98. The molecule has 1 aromatic heterocycles. The molecule has 0 amide bonds. The minimum absolute atomic E-state index is 0.301. The molecule has 0 fully saturated rings. The summed E-state index contributed by atoms with van der Waals surface area (Å²) in [6.45, 7) is 3.18. The number of hydrogen-bond donors (Lipinski definition) is 2. The first-order chi connectivity index (χ1) is 7.75. The van der Waals surface area contributed by atoms with Gasteiger partial charge in [0.2, 0.25) is 0 Å². The van der Waals surface area contributed by atoms with Gasteiger partial charge in [-0.05, 0) is 30.0 Å². The van der Waals surface area contributed by atoms with E-state index in [1.165, 1.54) is 10.9 Å². The van der Waals surface area contributed by atoms with Gasteiger partial charge < -0.3 is 10.4 Å². The minimum Gasteiger partial charge on any atom is -0.392 e. The van der Waals surface area contributed by atoms with E-state index in [1.807, 2.05) is 12.3 Å². The summed E-state index contributed by atoms with van der Waals surface area (Å²) >= 11 is 0. The number of aliphatic hydroxyl groups is 1. The van der Waals surface area contributed by atoms with Gasteiger partial charge in [0.15, 0.2) is 0 Å². The van der Waals surface area contributed by atoms with Crippen LogP contribution >= 0.6 is 0 Å². The fourth-order valence-corrected chi connectivity index (χ4v) is 1.67. The molecule has 0 spiro atoms. The molecule has 0 aliphatic rings. The van der Waals surface area contributed by atoms with E-state index in [1.54, 1.807) is 13.1 Å². The Labute approximate surface area is 95.1 Å². The average molecular weight is 216 g/mol. The summed E-state index contributed by atoms with van der Waals surface area (Å²) in [4.78, 5) is 4.08. The minimum atomic E-state index is -0.301. The Balaban J connectivity index is 2.08. The SMILES string of the molecule is CC(O)CNCc1ccc2cnccc2c1. The van der Waals surface area contributed by atoms with E-state index in [0.29, 0.717) is 6.54 Å². The largest absolute Gasteiger partial charge is 0.392 e. The van der Waals surface area contributed by atoms with Crippen molar-refractivity contribution >= 4 is 10.8 Å². The van der Waals surface area contributed by atoms with Crippen LogP contribution in [0.15, 0.2) is 36.7 Å². The second kappa shape index (κ2) is 5.05. The zero-order valence-electron chi connectivity index (χ0n) is 9.35. The molecule has 0 aliphatic heterocycles. The molecule has 3 heteroatoms. The number of aliphatic hydroxyl groups excluding tert-OH is 1. The van der Waals surface area contributed by atoms with Crippen molar-refractivity contribution < 1.29 is 5.11 Å². The second-order valence-electron chi connectivity index (χ2n) is 4.04. The zero-order valence-corrected chi connectivity index (χ0v) is 9.35. The summed E-state index contributed by atoms with van der Waals surface area (Å²) in [6.07, 6.45) is 3.36. The monoisotopic (exact) mass is 216 g/mol. The van der Waals surface area contributed by atoms with Crippen molar-refractivity contribution in [1.29, 1.82) is 0 Å². The van der Waals surface area contributed by atoms with Gasteiger partial charge in [0, 0.05) is 30.9 Å². The van der Waals surface area contributed by atoms with Crippen LogP contribution in [-0.4, -0.2) is 22.7 Å². The molecule has 3 nitrogen and oxygen atoms in total. The van der Waals surface area contributed by atoms with Crippen molar-refractivity contribution in [2.75, 3.05) is 6.54 Å². The predicted octanol–water partition coefficient (Wildman–Crippen LogP) is 1.71. The highest BCUT2D eigenvalue weighted by atomic mass is 16.3. The predicted molar refractivity (Wildman–Crippen MR) is 65.1 cm³/mol. The van der Waals surface area contributed by atoms with Gasteiger partial charge in [0.1, 0.15) is 0 Å². The molecule has 0 bridgehead atoms. The molecule has 0 radical (unpaired) electrons. The maximum absolute atomic E-state index is 9.13. The van der Waals surface area contributed by atoms with E-state index in [2.05, 4.69) is 28.5 Å². The van der Waals surface area contributed by atoms with E-state index in [4.69, 9.17) is 5.11 Å². The third-order valence-corrected chi connectivity index (χ3v) is 2.47. The van der Waals surface area contributed by atoms with Crippen LogP contribution in [0.2, 0.25) is 0 Å². The van der Waals surface area contributed by atoms with Crippen molar-refractivity contribution in [1.82, 2.24) is 10.3 Å². The van der Waals surface area contributed by atoms with E-state index in [0.717, 1.165) is 11.9 Å². The van der Waals surface area contributed by atoms with Crippen LogP contribution in [0.3, 0.4) is 0 Å². The molecule has 0 aliphatic carbocycles. The van der Waals surface area contributed by atoms with E-state index < -0.39 is 0 Å². The lowest BCUT2D eigenvalue weighted by atomic mass is 10.1. The third kappa shape index (κ3) is 2.78. The number of aromatic nitrogens is 1. The van der Waals surface area contributed by atoms with E-state index in [-0.39, 0.29) is 6.10 Å². The third-order valence-electron chi connectivity index (χ3n) is 2.47. The molecule has 0 saturated heterocycles. The lowest BCUT2D eigenvalue weighted by Gasteiger charge is -2.07. The normalized spacial score (nSPS) is 12.9. The number of benzene rings is 1. The van der Waals surface area contributed by atoms with Crippen LogP contribution in [0, 0.1) is 0 Å². The van der Waals surface area contributed by atoms with Gasteiger partial charge in [-0.3, -0.25) is 4.98 Å². The topological polar surface area (TPSA) is 45.1 Å². The van der Waals surface area contributed by atoms with Crippen molar-refractivity contribution in [3.63, 3.8) is 0 Å². The highest BCUT2D eigenvalue weighted by Crippen LogP contribution is 2.14. The van der Waals surface area contributed by atoms with Gasteiger partial charge in [-0.25, -0.2) is 0 Å². The van der Waals surface area contributed by atoms with Crippen LogP contribution in [0.5, 0.6) is 0 Å². The maximum atomic E-state index is 9.13. The Morgan fingerprint density at radius 1 is 1.31 bits per heavy atom. The molecular formula is C13H16N2O. The molecule has 0 saturated carbocycles. The first-order valence-corrected chi connectivity index (χ1v) is 5.47. The molecule has 2 aromatic rings. The van der Waals surface area contributed by atoms with Gasteiger partial charge in [-0.15, -0.1) is 0 Å². The summed E-state index contributed by atoms with van der Waals surface area (Å²) in [5.74, 6) is 0. The van der Waals surface area contributed by atoms with Crippen LogP contribution in [-0.2, 0) is 6.54 Å². The molecular weight excluding hydrogens is 200 g/mol. The highest BCUT2D eigenvalue weighted by molar-refractivity contribution is 5.81. The Kier molecular flexibility index (Phi) is 3.49. The average Bonchev–Trinajstić information content (AvgIpc) is 2.28. The number of nitrogens with zero attached hydrogens (tertiary/aromatic N) is 1. The number of rotatable bonds is 4. The van der Waals surface area contributed by atoms with Gasteiger partial charge in [0.05, 0.1) is 6.10 Å². The standard InChI is InChI=1S/C13H16N2O/c1-10(16)7-15-8-11-2-3-13-9-14-5-4-12(13)6-11/h2-6,9-10,15-16H,7-8H2,1H3. The lowest BCUT2D eigenvalue weighted by molar-refractivity contribution is 0.191. The van der Waals surface area contributed by atoms with Crippen LogP contribution in [0.1, 0.15) is 12.5 Å². The van der Waals surface area contributed by atoms with Crippen LogP contribution in [0.25, 0.3) is 10.8 Å². The number of pyridine rings is 1. The summed E-state index contributed by atoms with van der Waals surface area (Å²) < 4.78 is 0. The number of fused-ring (bicyclic) bond motifs is 1. The quantitative estimate of drug-likeness (QED) is 0.817. The second-order valence-corrected chi connectivity index (χ2v) is 4.04. The van der Waals surface area contributed by atoms with E-state index in [9.17, 15) is 0 Å². The summed E-state index contributed by atoms with van der Waals surface area (Å²) in [5.41, 5.74) is 1.22. The van der Waals surface area contributed by atoms with Crippen molar-refractivity contribution in [2.24, 2.45) is 0 Å². The Morgan fingerprint density at radius 2 is 2.19 bits per heavy atom. The van der Waals surface area contributed by atoms with Crippen molar-refractivity contribution in [2.45, 2.75) is 19.6 Å². The number of nitrogens with one attached hydrogen (secondary N) is 1. The molecule has 2 rings (SSSR count). The van der Waals surface area contributed by atoms with Crippen LogP contribution < -0.4 is 5.32 Å². The molecule has 16 heavy (non-hydrogen) atoms. The Bertz CT molecular complexity index is 468. The first-order valence-electron chi connectivity index (χ1n) is 5.47. The van der Waals surface area contributed by atoms with Gasteiger partial charge in [-0.1, -0.05) is 12.1 Å². The molecule has 1 unspecified atom stereocenters. The van der Waals surface area contributed by atoms with Gasteiger partial charge in [-0.2, -0.15) is 0 Å². The lowest BCUT2D eigenvalue weighted by Crippen LogP contribution is -2.23. The summed E-state index contributed by atoms with van der Waals surface area (Å²) in [5, 5.41) is 14.7. The van der Waals surface area contributed by atoms with Crippen LogP contribution in [0.4, 0.5) is 0 Å². The van der Waals surface area contributed by atoms with Gasteiger partial charge in [0.25, 0.3) is 0 Å². The molecule has 1 heterocycles. The summed E-state index contributed by atoms with van der Waals surface area (Å²) in [7, 11) is 0. The number of hydrogen-bond acceptors (Lipinski definition) is 3. The van der Waals surface area contributed by atoms with E-state index >= 15 is 0 Å². The first kappa shape index (κ1) is 11.0. The molecule has 1 aromatic carbocycles. The summed E-state index contributed by atoms with van der Waals surface area (Å²) in [6, 6.07) is 8.31. The molecule has 84 valence electrons. The fourth-order valence-electron chi connectivity index (χ4n) is 1.67. The Hall–Kier alpha value is -1.45. The maximum Gasteiger partial charge on any atom is 0.0636 e. The zero-order chi connectivity index (χ0) is 11.4. The van der Waals surface area contributed by atoms with Gasteiger partial charge >= 0.3 is 0 Å². The van der Waals surface area contributed by atoms with Crippen molar-refractivity contribution in [3.8, 4) is 0 Å².